The van der Waals surface area contributed by atoms with Gasteiger partial charge >= 0.3 is 0 Å². The summed E-state index contributed by atoms with van der Waals surface area (Å²) >= 11 is 0. The molecule has 1 N–H and O–H groups in total. The highest BCUT2D eigenvalue weighted by Crippen LogP contribution is 2.25. The van der Waals surface area contributed by atoms with Crippen molar-refractivity contribution in [3.8, 4) is 17.1 Å². The summed E-state index contributed by atoms with van der Waals surface area (Å²) < 4.78 is 10.4. The van der Waals surface area contributed by atoms with Gasteiger partial charge in [0.15, 0.2) is 5.76 Å². The van der Waals surface area contributed by atoms with Crippen LogP contribution in [0.3, 0.4) is 0 Å². The number of hydrogen-bond donors (Lipinski definition) is 1. The molecule has 3 aromatic rings. The number of methoxy groups -OCH3 is 1. The van der Waals surface area contributed by atoms with Crippen molar-refractivity contribution in [2.75, 3.05) is 13.7 Å². The van der Waals surface area contributed by atoms with Gasteiger partial charge in [-0.3, -0.25) is 4.79 Å². The topological polar surface area (TPSA) is 64.4 Å². The van der Waals surface area contributed by atoms with Crippen molar-refractivity contribution in [1.29, 1.82) is 0 Å². The van der Waals surface area contributed by atoms with Crippen LogP contribution in [0.25, 0.3) is 11.3 Å². The van der Waals surface area contributed by atoms with E-state index in [1.165, 1.54) is 11.8 Å². The van der Waals surface area contributed by atoms with E-state index in [1.807, 2.05) is 54.6 Å². The normalized spacial score (nSPS) is 10.4. The van der Waals surface area contributed by atoms with Gasteiger partial charge in [-0.15, -0.1) is 0 Å². The van der Waals surface area contributed by atoms with Crippen LogP contribution in [0.2, 0.25) is 0 Å². The molecular weight excluding hydrogens is 304 g/mol. The molecule has 0 bridgehead atoms. The predicted molar refractivity (Wildman–Crippen MR) is 91.0 cm³/mol. The van der Waals surface area contributed by atoms with Gasteiger partial charge in [-0.25, -0.2) is 0 Å². The number of carbonyl (C=O) groups excluding carboxylic acids is 1. The van der Waals surface area contributed by atoms with Gasteiger partial charge in [0.2, 0.25) is 0 Å². The molecule has 0 aliphatic heterocycles. The Morgan fingerprint density at radius 1 is 1.12 bits per heavy atom. The molecule has 0 aliphatic rings. The van der Waals surface area contributed by atoms with E-state index in [0.717, 1.165) is 17.7 Å². The average molecular weight is 322 g/mol. The van der Waals surface area contributed by atoms with E-state index in [9.17, 15) is 4.79 Å². The van der Waals surface area contributed by atoms with Gasteiger partial charge in [-0.2, -0.15) is 0 Å². The lowest BCUT2D eigenvalue weighted by Gasteiger charge is -2.06. The summed E-state index contributed by atoms with van der Waals surface area (Å²) in [6.45, 7) is 0.552. The predicted octanol–water partition coefficient (Wildman–Crippen LogP) is 3.32. The summed E-state index contributed by atoms with van der Waals surface area (Å²) in [6.07, 6.45) is 2.22. The number of nitrogens with one attached hydrogen (secondary N) is 1. The molecular formula is C19H18N2O3. The molecule has 3 rings (SSSR count). The molecule has 0 saturated heterocycles. The molecule has 1 amide bonds. The van der Waals surface area contributed by atoms with E-state index in [1.54, 1.807) is 7.11 Å². The van der Waals surface area contributed by atoms with E-state index < -0.39 is 0 Å². The molecule has 24 heavy (non-hydrogen) atoms. The number of nitrogens with zero attached hydrogens (tertiary/aromatic N) is 1. The Morgan fingerprint density at radius 3 is 2.58 bits per heavy atom. The Bertz CT molecular complexity index is 795. The van der Waals surface area contributed by atoms with Crippen molar-refractivity contribution in [3.63, 3.8) is 0 Å². The lowest BCUT2D eigenvalue weighted by Crippen LogP contribution is -2.25. The first-order chi connectivity index (χ1) is 11.8. The Morgan fingerprint density at radius 2 is 1.88 bits per heavy atom. The van der Waals surface area contributed by atoms with Crippen molar-refractivity contribution in [2.24, 2.45) is 0 Å². The van der Waals surface area contributed by atoms with E-state index in [-0.39, 0.29) is 5.91 Å². The lowest BCUT2D eigenvalue weighted by atomic mass is 10.1. The second kappa shape index (κ2) is 7.46. The number of amides is 1. The van der Waals surface area contributed by atoms with Gasteiger partial charge in [-0.05, 0) is 36.2 Å². The van der Waals surface area contributed by atoms with Gasteiger partial charge in [0.05, 0.1) is 13.3 Å². The minimum Gasteiger partial charge on any atom is -0.497 e. The fourth-order valence-corrected chi connectivity index (χ4v) is 2.41. The molecule has 0 spiro atoms. The smallest absolute Gasteiger partial charge is 0.256 e. The van der Waals surface area contributed by atoms with Crippen molar-refractivity contribution in [2.45, 2.75) is 6.42 Å². The summed E-state index contributed by atoms with van der Waals surface area (Å²) in [4.78, 5) is 12.4. The van der Waals surface area contributed by atoms with Crippen LogP contribution in [-0.2, 0) is 6.42 Å². The van der Waals surface area contributed by atoms with Gasteiger partial charge in [0.1, 0.15) is 11.3 Å². The van der Waals surface area contributed by atoms with Crippen molar-refractivity contribution < 1.29 is 14.1 Å². The van der Waals surface area contributed by atoms with Crippen LogP contribution in [0.5, 0.6) is 5.75 Å². The third-order valence-electron chi connectivity index (χ3n) is 3.71. The Labute approximate surface area is 140 Å². The van der Waals surface area contributed by atoms with Crippen LogP contribution in [0, 0.1) is 0 Å². The first kappa shape index (κ1) is 15.8. The molecule has 0 fully saturated rings. The average Bonchev–Trinajstić information content (AvgIpc) is 3.12. The monoisotopic (exact) mass is 322 g/mol. The summed E-state index contributed by atoms with van der Waals surface area (Å²) in [7, 11) is 1.61. The maximum atomic E-state index is 12.4. The molecule has 122 valence electrons. The number of benzene rings is 2. The third kappa shape index (κ3) is 3.63. The van der Waals surface area contributed by atoms with Gasteiger partial charge in [0.25, 0.3) is 5.91 Å². The van der Waals surface area contributed by atoms with Gasteiger partial charge in [0, 0.05) is 12.1 Å². The van der Waals surface area contributed by atoms with E-state index in [0.29, 0.717) is 17.9 Å². The Kier molecular flexibility index (Phi) is 4.91. The molecule has 0 radical (unpaired) electrons. The minimum atomic E-state index is -0.196. The van der Waals surface area contributed by atoms with Crippen LogP contribution < -0.4 is 10.1 Å². The molecule has 0 unspecified atom stereocenters. The summed E-state index contributed by atoms with van der Waals surface area (Å²) in [5.74, 6) is 1.000. The Hall–Kier alpha value is -3.08. The number of aromatic nitrogens is 1. The maximum absolute atomic E-state index is 12.4. The molecule has 5 nitrogen and oxygen atoms in total. The van der Waals surface area contributed by atoms with Crippen LogP contribution in [-0.4, -0.2) is 24.7 Å². The second-order valence-corrected chi connectivity index (χ2v) is 5.29. The highest BCUT2D eigenvalue weighted by molar-refractivity contribution is 5.99. The second-order valence-electron chi connectivity index (χ2n) is 5.29. The van der Waals surface area contributed by atoms with Crippen molar-refractivity contribution >= 4 is 5.91 Å². The number of carbonyl (C=O) groups is 1. The molecule has 5 heteroatoms. The quantitative estimate of drug-likeness (QED) is 0.756. The fraction of sp³-hybridized carbons (Fsp3) is 0.158. The summed E-state index contributed by atoms with van der Waals surface area (Å²) in [5, 5.41) is 6.66. The van der Waals surface area contributed by atoms with Gasteiger partial charge < -0.3 is 14.6 Å². The lowest BCUT2D eigenvalue weighted by molar-refractivity contribution is 0.0954. The fourth-order valence-electron chi connectivity index (χ4n) is 2.41. The molecule has 1 heterocycles. The van der Waals surface area contributed by atoms with Crippen LogP contribution >= 0.6 is 0 Å². The van der Waals surface area contributed by atoms with E-state index >= 15 is 0 Å². The van der Waals surface area contributed by atoms with Gasteiger partial charge in [-0.1, -0.05) is 35.5 Å². The summed E-state index contributed by atoms with van der Waals surface area (Å²) in [6, 6.07) is 17.3. The minimum absolute atomic E-state index is 0.196. The number of ether oxygens (including phenoxy) is 1. The summed E-state index contributed by atoms with van der Waals surface area (Å²) in [5.41, 5.74) is 2.38. The van der Waals surface area contributed by atoms with Crippen molar-refractivity contribution in [3.05, 3.63) is 71.9 Å². The number of rotatable bonds is 6. The highest BCUT2D eigenvalue weighted by Gasteiger charge is 2.17. The zero-order valence-corrected chi connectivity index (χ0v) is 13.4. The zero-order valence-electron chi connectivity index (χ0n) is 13.4. The molecule has 0 saturated carbocycles. The van der Waals surface area contributed by atoms with Crippen LogP contribution in [0.15, 0.2) is 65.3 Å². The third-order valence-corrected chi connectivity index (χ3v) is 3.71. The van der Waals surface area contributed by atoms with Crippen molar-refractivity contribution in [1.82, 2.24) is 10.5 Å². The zero-order chi connectivity index (χ0) is 16.8. The molecule has 1 aromatic heterocycles. The Balaban J connectivity index is 1.66. The molecule has 2 aromatic carbocycles. The molecule has 0 aliphatic carbocycles. The molecule has 0 atom stereocenters. The SMILES string of the molecule is COc1ccc(-c2oncc2C(=O)NCCc2ccccc2)cc1. The largest absolute Gasteiger partial charge is 0.497 e. The van der Waals surface area contributed by atoms with Crippen LogP contribution in [0.4, 0.5) is 0 Å². The first-order valence-corrected chi connectivity index (χ1v) is 7.69. The number of hydrogen-bond acceptors (Lipinski definition) is 4. The standard InChI is InChI=1S/C19H18N2O3/c1-23-16-9-7-15(8-10-16)18-17(13-21-24-18)19(22)20-12-11-14-5-3-2-4-6-14/h2-10,13H,11-12H2,1H3,(H,20,22). The highest BCUT2D eigenvalue weighted by atomic mass is 16.5. The van der Waals surface area contributed by atoms with Crippen LogP contribution in [0.1, 0.15) is 15.9 Å². The maximum Gasteiger partial charge on any atom is 0.256 e. The van der Waals surface area contributed by atoms with E-state index in [4.69, 9.17) is 9.26 Å². The van der Waals surface area contributed by atoms with E-state index in [2.05, 4.69) is 10.5 Å². The first-order valence-electron chi connectivity index (χ1n) is 7.69.